The van der Waals surface area contributed by atoms with Crippen LogP contribution in [-0.4, -0.2) is 43.8 Å². The maximum Gasteiger partial charge on any atom is 0.249 e. The normalized spacial score (nSPS) is 24.4. The van der Waals surface area contributed by atoms with E-state index in [1.807, 2.05) is 0 Å². The zero-order chi connectivity index (χ0) is 14.4. The highest BCUT2D eigenvalue weighted by atomic mass is 32.2. The number of hydrogen-bond acceptors (Lipinski definition) is 6. The van der Waals surface area contributed by atoms with E-state index in [0.29, 0.717) is 17.0 Å². The van der Waals surface area contributed by atoms with Crippen molar-refractivity contribution in [2.24, 2.45) is 5.92 Å². The lowest BCUT2D eigenvalue weighted by molar-refractivity contribution is 0.521. The van der Waals surface area contributed by atoms with E-state index in [1.165, 1.54) is 29.9 Å². The summed E-state index contributed by atoms with van der Waals surface area (Å²) in [4.78, 5) is 2.26. The van der Waals surface area contributed by atoms with Crippen molar-refractivity contribution in [3.05, 3.63) is 0 Å². The van der Waals surface area contributed by atoms with Crippen molar-refractivity contribution in [1.29, 1.82) is 0 Å². The molecule has 1 aromatic heterocycles. The van der Waals surface area contributed by atoms with Crippen LogP contribution in [0.2, 0.25) is 0 Å². The molecule has 2 atom stereocenters. The molecular formula is C11H20N4O2S2. The number of anilines is 2. The molecule has 0 saturated carbocycles. The van der Waals surface area contributed by atoms with Gasteiger partial charge in [0.15, 0.2) is 10.7 Å². The molecule has 1 fully saturated rings. The summed E-state index contributed by atoms with van der Waals surface area (Å²) in [5, 5.41) is 0.669. The molecule has 2 rings (SSSR count). The highest BCUT2D eigenvalue weighted by Crippen LogP contribution is 2.40. The third kappa shape index (κ3) is 2.44. The second-order valence-electron chi connectivity index (χ2n) is 5.33. The van der Waals surface area contributed by atoms with Crippen molar-refractivity contribution in [3.63, 3.8) is 0 Å². The van der Waals surface area contributed by atoms with Crippen LogP contribution in [0.4, 0.5) is 10.8 Å². The van der Waals surface area contributed by atoms with Gasteiger partial charge >= 0.3 is 0 Å². The Morgan fingerprint density at radius 3 is 2.53 bits per heavy atom. The van der Waals surface area contributed by atoms with Gasteiger partial charge in [0, 0.05) is 26.7 Å². The van der Waals surface area contributed by atoms with Crippen LogP contribution in [0.3, 0.4) is 0 Å². The van der Waals surface area contributed by atoms with Gasteiger partial charge in [0.05, 0.1) is 0 Å². The Morgan fingerprint density at radius 2 is 2.05 bits per heavy atom. The average Bonchev–Trinajstić information content (AvgIpc) is 2.81. The number of hydrogen-bond donors (Lipinski definition) is 1. The Balaban J connectivity index is 2.50. The minimum atomic E-state index is -3.56. The van der Waals surface area contributed by atoms with Crippen molar-refractivity contribution < 1.29 is 8.42 Å². The third-order valence-corrected chi connectivity index (χ3v) is 6.35. The molecule has 8 heteroatoms. The van der Waals surface area contributed by atoms with E-state index in [9.17, 15) is 8.42 Å². The van der Waals surface area contributed by atoms with Gasteiger partial charge in [-0.2, -0.15) is 4.37 Å². The van der Waals surface area contributed by atoms with E-state index in [2.05, 4.69) is 23.1 Å². The van der Waals surface area contributed by atoms with Gasteiger partial charge in [0.1, 0.15) is 5.00 Å². The molecule has 0 radical (unpaired) electrons. The van der Waals surface area contributed by atoms with Gasteiger partial charge in [-0.25, -0.2) is 12.7 Å². The summed E-state index contributed by atoms with van der Waals surface area (Å²) in [6, 6.07) is 0.311. The molecule has 1 saturated heterocycles. The van der Waals surface area contributed by atoms with E-state index in [4.69, 9.17) is 5.73 Å². The lowest BCUT2D eigenvalue weighted by atomic mass is 10.1. The summed E-state index contributed by atoms with van der Waals surface area (Å²) >= 11 is 1.17. The first-order valence-corrected chi connectivity index (χ1v) is 8.40. The summed E-state index contributed by atoms with van der Waals surface area (Å²) in [5.74, 6) is 0.647. The predicted octanol–water partition coefficient (Wildman–Crippen LogP) is 1.21. The monoisotopic (exact) mass is 304 g/mol. The minimum absolute atomic E-state index is 0.0976. The number of nitrogens with zero attached hydrogens (tertiary/aromatic N) is 3. The molecule has 0 aromatic carbocycles. The molecule has 1 aliphatic rings. The first kappa shape index (κ1) is 14.5. The fourth-order valence-electron chi connectivity index (χ4n) is 2.48. The van der Waals surface area contributed by atoms with Crippen LogP contribution in [0.25, 0.3) is 0 Å². The molecular weight excluding hydrogens is 284 g/mol. The standard InChI is InChI=1S/C11H20N4O2S2/c1-7-5-8(2)15(6-7)11-9(10(12)13-18-11)19(16,17)14(3)4/h7-8H,5-6H2,1-4H3,(H2,12,13). The van der Waals surface area contributed by atoms with E-state index in [-0.39, 0.29) is 10.7 Å². The van der Waals surface area contributed by atoms with Crippen LogP contribution in [0.1, 0.15) is 20.3 Å². The van der Waals surface area contributed by atoms with Crippen LogP contribution in [0, 0.1) is 5.92 Å². The zero-order valence-electron chi connectivity index (χ0n) is 11.6. The summed E-state index contributed by atoms with van der Waals surface area (Å²) < 4.78 is 30.0. The van der Waals surface area contributed by atoms with Gasteiger partial charge in [0.25, 0.3) is 0 Å². The molecule has 0 amide bonds. The van der Waals surface area contributed by atoms with Gasteiger partial charge < -0.3 is 10.6 Å². The summed E-state index contributed by atoms with van der Waals surface area (Å²) in [5.41, 5.74) is 5.78. The highest BCUT2D eigenvalue weighted by molar-refractivity contribution is 7.89. The van der Waals surface area contributed by atoms with Crippen LogP contribution in [0.5, 0.6) is 0 Å². The number of rotatable bonds is 3. The van der Waals surface area contributed by atoms with E-state index in [0.717, 1.165) is 13.0 Å². The average molecular weight is 304 g/mol. The number of nitrogens with two attached hydrogens (primary N) is 1. The van der Waals surface area contributed by atoms with Crippen molar-refractivity contribution in [2.45, 2.75) is 31.2 Å². The molecule has 19 heavy (non-hydrogen) atoms. The lowest BCUT2D eigenvalue weighted by Crippen LogP contribution is -2.30. The Morgan fingerprint density at radius 1 is 1.42 bits per heavy atom. The van der Waals surface area contributed by atoms with Gasteiger partial charge in [-0.15, -0.1) is 0 Å². The van der Waals surface area contributed by atoms with Crippen molar-refractivity contribution in [3.8, 4) is 0 Å². The van der Waals surface area contributed by atoms with Crippen LogP contribution in [-0.2, 0) is 10.0 Å². The first-order chi connectivity index (χ1) is 8.75. The topological polar surface area (TPSA) is 79.5 Å². The molecule has 108 valence electrons. The smallest absolute Gasteiger partial charge is 0.249 e. The van der Waals surface area contributed by atoms with E-state index >= 15 is 0 Å². The fourth-order valence-corrected chi connectivity index (χ4v) is 4.80. The SMILES string of the molecule is CC1CC(C)N(c2snc(N)c2S(=O)(=O)N(C)C)C1. The minimum Gasteiger partial charge on any atom is -0.382 e. The molecule has 6 nitrogen and oxygen atoms in total. The quantitative estimate of drug-likeness (QED) is 0.908. The molecule has 1 aromatic rings. The van der Waals surface area contributed by atoms with Crippen LogP contribution < -0.4 is 10.6 Å². The van der Waals surface area contributed by atoms with Gasteiger partial charge in [-0.05, 0) is 30.8 Å². The maximum absolute atomic E-state index is 12.4. The summed E-state index contributed by atoms with van der Waals surface area (Å²) in [7, 11) is -0.546. The Labute approximate surface area is 118 Å². The molecule has 0 spiro atoms. The van der Waals surface area contributed by atoms with E-state index < -0.39 is 10.0 Å². The predicted molar refractivity (Wildman–Crippen MR) is 78.0 cm³/mol. The summed E-state index contributed by atoms with van der Waals surface area (Å²) in [6.45, 7) is 5.12. The fraction of sp³-hybridized carbons (Fsp3) is 0.727. The molecule has 0 bridgehead atoms. The molecule has 1 aliphatic heterocycles. The lowest BCUT2D eigenvalue weighted by Gasteiger charge is -2.23. The largest absolute Gasteiger partial charge is 0.382 e. The molecule has 2 N–H and O–H groups in total. The summed E-state index contributed by atoms with van der Waals surface area (Å²) in [6.07, 6.45) is 1.05. The van der Waals surface area contributed by atoms with Crippen LogP contribution >= 0.6 is 11.5 Å². The van der Waals surface area contributed by atoms with Crippen LogP contribution in [0.15, 0.2) is 4.90 Å². The molecule has 0 aliphatic carbocycles. The maximum atomic E-state index is 12.4. The Hall–Kier alpha value is -0.860. The zero-order valence-corrected chi connectivity index (χ0v) is 13.3. The van der Waals surface area contributed by atoms with Crippen molar-refractivity contribution in [1.82, 2.24) is 8.68 Å². The van der Waals surface area contributed by atoms with E-state index in [1.54, 1.807) is 0 Å². The van der Waals surface area contributed by atoms with Crippen molar-refractivity contribution >= 4 is 32.4 Å². The number of aromatic nitrogens is 1. The Bertz CT molecular complexity index is 567. The van der Waals surface area contributed by atoms with Gasteiger partial charge in [0.2, 0.25) is 10.0 Å². The Kier molecular flexibility index (Phi) is 3.76. The second-order valence-corrected chi connectivity index (χ2v) is 8.17. The number of nitrogen functional groups attached to an aromatic ring is 1. The highest BCUT2D eigenvalue weighted by Gasteiger charge is 2.35. The second kappa shape index (κ2) is 4.92. The van der Waals surface area contributed by atoms with Gasteiger partial charge in [-0.3, -0.25) is 0 Å². The van der Waals surface area contributed by atoms with Crippen molar-refractivity contribution in [2.75, 3.05) is 31.3 Å². The molecule has 2 unspecified atom stereocenters. The van der Waals surface area contributed by atoms with Gasteiger partial charge in [-0.1, -0.05) is 6.92 Å². The third-order valence-electron chi connectivity index (χ3n) is 3.44. The number of sulfonamides is 1. The molecule has 2 heterocycles. The first-order valence-electron chi connectivity index (χ1n) is 6.19.